The van der Waals surface area contributed by atoms with Crippen LogP contribution in [0.5, 0.6) is 0 Å². The Morgan fingerprint density at radius 2 is 1.81 bits per heavy atom. The van der Waals surface area contributed by atoms with Gasteiger partial charge in [-0.15, -0.1) is 0 Å². The van der Waals surface area contributed by atoms with Crippen LogP contribution < -0.4 is 10.6 Å². The van der Waals surface area contributed by atoms with Crippen molar-refractivity contribution in [2.45, 2.75) is 38.8 Å². The number of aromatic nitrogens is 1. The number of hydrogen-bond acceptors (Lipinski definition) is 5. The molecule has 5 heteroatoms. The molecule has 0 spiro atoms. The lowest BCUT2D eigenvalue weighted by atomic mass is 9.95. The van der Waals surface area contributed by atoms with Gasteiger partial charge in [-0.3, -0.25) is 0 Å². The molecule has 0 saturated carbocycles. The number of nitrogens with one attached hydrogen (secondary N) is 2. The van der Waals surface area contributed by atoms with Crippen LogP contribution >= 0.6 is 0 Å². The maximum Gasteiger partial charge on any atom is 0.197 e. The highest BCUT2D eigenvalue weighted by Gasteiger charge is 2.30. The average molecular weight is 358 g/mol. The number of aryl methyl sites for hydroxylation is 3. The Hall–Kier alpha value is -3.08. The number of benzene rings is 2. The van der Waals surface area contributed by atoms with E-state index in [1.165, 1.54) is 11.1 Å². The molecule has 0 saturated heterocycles. The first-order chi connectivity index (χ1) is 13.2. The van der Waals surface area contributed by atoms with E-state index in [4.69, 9.17) is 9.52 Å². The van der Waals surface area contributed by atoms with Gasteiger partial charge in [0, 0.05) is 16.8 Å². The molecule has 0 fully saturated rings. The van der Waals surface area contributed by atoms with Crippen molar-refractivity contribution in [1.29, 1.82) is 0 Å². The normalized spacial score (nSPS) is 20.4. The van der Waals surface area contributed by atoms with Gasteiger partial charge < -0.3 is 15.2 Å². The maximum atomic E-state index is 5.42. The molecule has 1 aliphatic carbocycles. The Balaban J connectivity index is 1.52. The van der Waals surface area contributed by atoms with E-state index in [0.29, 0.717) is 0 Å². The highest BCUT2D eigenvalue weighted by molar-refractivity contribution is 5.97. The van der Waals surface area contributed by atoms with Gasteiger partial charge in [-0.05, 0) is 43.9 Å². The lowest BCUT2D eigenvalue weighted by Crippen LogP contribution is -2.36. The Morgan fingerprint density at radius 3 is 2.63 bits per heavy atom. The van der Waals surface area contributed by atoms with Crippen LogP contribution in [0.1, 0.15) is 52.2 Å². The van der Waals surface area contributed by atoms with Gasteiger partial charge in [0.2, 0.25) is 0 Å². The standard InChI is InChI=1S/C22H22N4O/c1-13-20(14(2)27-26-13)21-17-9-5-6-10-18(17)23-22(25-21)24-19-12-11-15-7-3-4-8-16(15)19/h3-10,19,21H,11-12H2,1-2H3,(H2,23,24,25). The van der Waals surface area contributed by atoms with Gasteiger partial charge in [0.05, 0.1) is 11.7 Å². The van der Waals surface area contributed by atoms with E-state index in [2.05, 4.69) is 52.2 Å². The second-order valence-electron chi connectivity index (χ2n) is 7.26. The monoisotopic (exact) mass is 358 g/mol. The molecule has 2 unspecified atom stereocenters. The molecule has 2 N–H and O–H groups in total. The molecule has 5 rings (SSSR count). The molecule has 1 aliphatic heterocycles. The zero-order valence-electron chi connectivity index (χ0n) is 15.5. The lowest BCUT2D eigenvalue weighted by Gasteiger charge is -2.27. The second-order valence-corrected chi connectivity index (χ2v) is 7.26. The summed E-state index contributed by atoms with van der Waals surface area (Å²) in [5.74, 6) is 1.63. The summed E-state index contributed by atoms with van der Waals surface area (Å²) in [6, 6.07) is 17.1. The topological polar surface area (TPSA) is 62.5 Å². The van der Waals surface area contributed by atoms with Crippen molar-refractivity contribution in [3.8, 4) is 0 Å². The molecule has 5 nitrogen and oxygen atoms in total. The summed E-state index contributed by atoms with van der Waals surface area (Å²) in [6.07, 6.45) is 2.18. The number of rotatable bonds is 2. The number of fused-ring (bicyclic) bond motifs is 2. The van der Waals surface area contributed by atoms with Gasteiger partial charge >= 0.3 is 0 Å². The van der Waals surface area contributed by atoms with Crippen LogP contribution in [0.4, 0.5) is 5.69 Å². The van der Waals surface area contributed by atoms with E-state index < -0.39 is 0 Å². The molecule has 0 bridgehead atoms. The maximum absolute atomic E-state index is 5.42. The van der Waals surface area contributed by atoms with Gasteiger partial charge in [-0.1, -0.05) is 47.6 Å². The molecule has 1 aromatic heterocycles. The summed E-state index contributed by atoms with van der Waals surface area (Å²) in [5.41, 5.74) is 6.96. The van der Waals surface area contributed by atoms with Crippen molar-refractivity contribution < 1.29 is 4.52 Å². The van der Waals surface area contributed by atoms with E-state index in [-0.39, 0.29) is 12.1 Å². The minimum Gasteiger partial charge on any atom is -0.361 e. The van der Waals surface area contributed by atoms with E-state index in [9.17, 15) is 0 Å². The lowest BCUT2D eigenvalue weighted by molar-refractivity contribution is 0.392. The first kappa shape index (κ1) is 16.1. The molecule has 2 aliphatic rings. The summed E-state index contributed by atoms with van der Waals surface area (Å²) < 4.78 is 5.42. The van der Waals surface area contributed by atoms with E-state index in [1.807, 2.05) is 26.0 Å². The van der Waals surface area contributed by atoms with Gasteiger partial charge in [-0.2, -0.15) is 0 Å². The first-order valence-electron chi connectivity index (χ1n) is 9.41. The molecule has 3 aromatic rings. The Bertz CT molecular complexity index is 1020. The van der Waals surface area contributed by atoms with Crippen molar-refractivity contribution in [2.24, 2.45) is 4.99 Å². The summed E-state index contributed by atoms with van der Waals surface area (Å²) in [4.78, 5) is 5.02. The number of nitrogens with zero attached hydrogens (tertiary/aromatic N) is 2. The molecular formula is C22H22N4O. The molecule has 0 radical (unpaired) electrons. The highest BCUT2D eigenvalue weighted by Crippen LogP contribution is 2.38. The number of anilines is 1. The molecule has 2 aromatic carbocycles. The number of para-hydroxylation sites is 1. The van der Waals surface area contributed by atoms with E-state index in [1.54, 1.807) is 0 Å². The van der Waals surface area contributed by atoms with Gasteiger partial charge in [0.1, 0.15) is 11.8 Å². The van der Waals surface area contributed by atoms with Gasteiger partial charge in [0.25, 0.3) is 0 Å². The van der Waals surface area contributed by atoms with Crippen LogP contribution in [0.2, 0.25) is 0 Å². The van der Waals surface area contributed by atoms with Crippen molar-refractivity contribution in [3.63, 3.8) is 0 Å². The average Bonchev–Trinajstić information content (AvgIpc) is 3.24. The van der Waals surface area contributed by atoms with Crippen LogP contribution in [0.3, 0.4) is 0 Å². The Labute approximate surface area is 158 Å². The quantitative estimate of drug-likeness (QED) is 0.711. The highest BCUT2D eigenvalue weighted by atomic mass is 16.5. The van der Waals surface area contributed by atoms with Crippen LogP contribution in [0, 0.1) is 13.8 Å². The minimum absolute atomic E-state index is 0.118. The largest absolute Gasteiger partial charge is 0.361 e. The van der Waals surface area contributed by atoms with Crippen molar-refractivity contribution >= 4 is 11.6 Å². The predicted molar refractivity (Wildman–Crippen MR) is 106 cm³/mol. The zero-order valence-corrected chi connectivity index (χ0v) is 15.5. The summed E-state index contributed by atoms with van der Waals surface area (Å²) in [5, 5.41) is 11.2. The van der Waals surface area contributed by atoms with Crippen LogP contribution in [-0.4, -0.2) is 11.1 Å². The first-order valence-corrected chi connectivity index (χ1v) is 9.41. The smallest absolute Gasteiger partial charge is 0.197 e. The van der Waals surface area contributed by atoms with Crippen LogP contribution in [0.15, 0.2) is 58.0 Å². The van der Waals surface area contributed by atoms with Crippen LogP contribution in [0.25, 0.3) is 0 Å². The number of aliphatic imine (C=N–C) groups is 1. The van der Waals surface area contributed by atoms with Crippen LogP contribution in [-0.2, 0) is 6.42 Å². The Morgan fingerprint density at radius 1 is 1.04 bits per heavy atom. The van der Waals surface area contributed by atoms with Gasteiger partial charge in [0.15, 0.2) is 5.96 Å². The Kier molecular flexibility index (Phi) is 3.74. The van der Waals surface area contributed by atoms with Crippen molar-refractivity contribution in [2.75, 3.05) is 5.32 Å². The van der Waals surface area contributed by atoms with Crippen molar-refractivity contribution in [1.82, 2.24) is 10.5 Å². The second kappa shape index (κ2) is 6.27. The fraction of sp³-hybridized carbons (Fsp3) is 0.273. The third-order valence-electron chi connectivity index (χ3n) is 5.57. The molecule has 27 heavy (non-hydrogen) atoms. The molecule has 2 atom stereocenters. The molecule has 136 valence electrons. The fourth-order valence-corrected chi connectivity index (χ4v) is 4.25. The predicted octanol–water partition coefficient (Wildman–Crippen LogP) is 4.44. The molecule has 2 heterocycles. The summed E-state index contributed by atoms with van der Waals surface area (Å²) in [6.45, 7) is 3.93. The third-order valence-corrected chi connectivity index (χ3v) is 5.57. The SMILES string of the molecule is Cc1noc(C)c1C1N=C(NC2CCc3ccccc32)Nc2ccccc21. The number of hydrogen-bond donors (Lipinski definition) is 2. The summed E-state index contributed by atoms with van der Waals surface area (Å²) in [7, 11) is 0. The minimum atomic E-state index is -0.118. The van der Waals surface area contributed by atoms with Gasteiger partial charge in [-0.25, -0.2) is 4.99 Å². The number of guanidine groups is 1. The third kappa shape index (κ3) is 2.70. The summed E-state index contributed by atoms with van der Waals surface area (Å²) >= 11 is 0. The molecular weight excluding hydrogens is 336 g/mol. The zero-order chi connectivity index (χ0) is 18.4. The van der Waals surface area contributed by atoms with E-state index in [0.717, 1.165) is 47.1 Å². The fourth-order valence-electron chi connectivity index (χ4n) is 4.25. The molecule has 0 amide bonds. The van der Waals surface area contributed by atoms with E-state index >= 15 is 0 Å². The van der Waals surface area contributed by atoms with Crippen molar-refractivity contribution in [3.05, 3.63) is 82.2 Å².